The van der Waals surface area contributed by atoms with Crippen LogP contribution in [0.4, 0.5) is 5.82 Å². The van der Waals surface area contributed by atoms with Crippen molar-refractivity contribution in [3.8, 4) is 0 Å². The summed E-state index contributed by atoms with van der Waals surface area (Å²) in [5, 5.41) is 7.27. The minimum atomic E-state index is -0.283. The minimum absolute atomic E-state index is 0.111. The summed E-state index contributed by atoms with van der Waals surface area (Å²) in [5.74, 6) is 0.534. The Morgan fingerprint density at radius 1 is 1.53 bits per heavy atom. The van der Waals surface area contributed by atoms with Gasteiger partial charge in [0.15, 0.2) is 5.82 Å². The number of nitrogens with one attached hydrogen (secondary N) is 1. The van der Waals surface area contributed by atoms with Crippen LogP contribution in [-0.2, 0) is 5.54 Å². The van der Waals surface area contributed by atoms with Crippen molar-refractivity contribution in [3.05, 3.63) is 22.7 Å². The molecule has 0 aliphatic heterocycles. The summed E-state index contributed by atoms with van der Waals surface area (Å²) >= 11 is 0. The van der Waals surface area contributed by atoms with E-state index in [1.54, 1.807) is 17.0 Å². The second-order valence-corrected chi connectivity index (χ2v) is 5.45. The van der Waals surface area contributed by atoms with Gasteiger partial charge in [-0.2, -0.15) is 0 Å². The fourth-order valence-corrected chi connectivity index (χ4v) is 1.82. The van der Waals surface area contributed by atoms with Gasteiger partial charge in [0.1, 0.15) is 0 Å². The average Bonchev–Trinajstić information content (AvgIpc) is 2.29. The second kappa shape index (κ2) is 5.86. The highest BCUT2D eigenvalue weighted by molar-refractivity contribution is 5.77. The van der Waals surface area contributed by atoms with Crippen LogP contribution in [0.3, 0.4) is 0 Å². The Morgan fingerprint density at radius 3 is 2.63 bits per heavy atom. The molecule has 0 unspecified atom stereocenters. The summed E-state index contributed by atoms with van der Waals surface area (Å²) in [6, 6.07) is 0. The molecule has 1 heterocycles. The summed E-state index contributed by atoms with van der Waals surface area (Å²) in [6.45, 7) is 9.07. The quantitative estimate of drug-likeness (QED) is 0.617. The molecule has 106 valence electrons. The van der Waals surface area contributed by atoms with Crippen molar-refractivity contribution in [3.63, 3.8) is 0 Å². The fourth-order valence-electron chi connectivity index (χ4n) is 1.82. The molecule has 1 rings (SSSR count). The first-order valence-electron chi connectivity index (χ1n) is 6.43. The van der Waals surface area contributed by atoms with Crippen LogP contribution < -0.4 is 16.2 Å². The predicted octanol–water partition coefficient (Wildman–Crippen LogP) is 1.15. The van der Waals surface area contributed by atoms with Crippen LogP contribution in [0.15, 0.2) is 17.2 Å². The number of nitrogens with two attached hydrogens (primary N) is 1. The highest BCUT2D eigenvalue weighted by atomic mass is 16.1. The van der Waals surface area contributed by atoms with Gasteiger partial charge in [-0.05, 0) is 27.7 Å². The SMILES string of the molecule is CCN(CCC(=N)N)c1nccn(C(C)(C)C)c1=O. The van der Waals surface area contributed by atoms with Crippen molar-refractivity contribution < 1.29 is 0 Å². The van der Waals surface area contributed by atoms with Gasteiger partial charge in [0.2, 0.25) is 0 Å². The van der Waals surface area contributed by atoms with E-state index in [-0.39, 0.29) is 16.9 Å². The number of hydrogen-bond donors (Lipinski definition) is 2. The van der Waals surface area contributed by atoms with Gasteiger partial charge < -0.3 is 15.2 Å². The van der Waals surface area contributed by atoms with Crippen LogP contribution in [0.5, 0.6) is 0 Å². The van der Waals surface area contributed by atoms with Gasteiger partial charge in [-0.1, -0.05) is 0 Å². The number of aromatic nitrogens is 2. The molecule has 0 aliphatic rings. The average molecular weight is 265 g/mol. The van der Waals surface area contributed by atoms with Crippen LogP contribution in [0.1, 0.15) is 34.1 Å². The lowest BCUT2D eigenvalue weighted by Crippen LogP contribution is -2.39. The smallest absolute Gasteiger partial charge is 0.293 e. The lowest BCUT2D eigenvalue weighted by molar-refractivity contribution is 0.382. The maximum absolute atomic E-state index is 12.4. The van der Waals surface area contributed by atoms with Crippen LogP contribution in [0, 0.1) is 5.41 Å². The minimum Gasteiger partial charge on any atom is -0.388 e. The van der Waals surface area contributed by atoms with E-state index in [9.17, 15) is 4.79 Å². The Labute approximate surface area is 113 Å². The molecule has 0 spiro atoms. The third-order valence-electron chi connectivity index (χ3n) is 2.88. The van der Waals surface area contributed by atoms with E-state index in [1.807, 2.05) is 32.6 Å². The first-order chi connectivity index (χ1) is 8.77. The molecule has 3 N–H and O–H groups in total. The lowest BCUT2D eigenvalue weighted by atomic mass is 10.1. The van der Waals surface area contributed by atoms with Crippen molar-refractivity contribution in [1.82, 2.24) is 9.55 Å². The van der Waals surface area contributed by atoms with E-state index in [1.165, 1.54) is 0 Å². The second-order valence-electron chi connectivity index (χ2n) is 5.45. The monoisotopic (exact) mass is 265 g/mol. The van der Waals surface area contributed by atoms with E-state index in [2.05, 4.69) is 4.98 Å². The maximum Gasteiger partial charge on any atom is 0.293 e. The van der Waals surface area contributed by atoms with Gasteiger partial charge in [0, 0.05) is 37.4 Å². The number of rotatable bonds is 5. The summed E-state index contributed by atoms with van der Waals surface area (Å²) in [4.78, 5) is 18.5. The number of amidine groups is 1. The Hall–Kier alpha value is -1.85. The molecule has 0 fully saturated rings. The summed E-state index contributed by atoms with van der Waals surface area (Å²) in [5.41, 5.74) is 4.97. The zero-order valence-electron chi connectivity index (χ0n) is 12.1. The number of nitrogens with zero attached hydrogens (tertiary/aromatic N) is 3. The van der Waals surface area contributed by atoms with Crippen LogP contribution in [-0.4, -0.2) is 28.5 Å². The molecule has 0 atom stereocenters. The lowest BCUT2D eigenvalue weighted by Gasteiger charge is -2.26. The molecule has 0 saturated heterocycles. The summed E-state index contributed by atoms with van der Waals surface area (Å²) in [7, 11) is 0. The highest BCUT2D eigenvalue weighted by Crippen LogP contribution is 2.12. The maximum atomic E-state index is 12.4. The molecule has 0 amide bonds. The van der Waals surface area contributed by atoms with Crippen LogP contribution in [0.25, 0.3) is 0 Å². The molecule has 0 saturated carbocycles. The molecule has 1 aromatic heterocycles. The third-order valence-corrected chi connectivity index (χ3v) is 2.88. The first kappa shape index (κ1) is 15.2. The Bertz CT molecular complexity index is 500. The molecule has 6 heteroatoms. The zero-order valence-corrected chi connectivity index (χ0v) is 12.1. The molecule has 0 aliphatic carbocycles. The van der Waals surface area contributed by atoms with Crippen molar-refractivity contribution >= 4 is 11.7 Å². The van der Waals surface area contributed by atoms with E-state index in [0.717, 1.165) is 0 Å². The molecule has 0 bridgehead atoms. The van der Waals surface area contributed by atoms with Crippen molar-refractivity contribution in [2.45, 2.75) is 39.7 Å². The Morgan fingerprint density at radius 2 is 2.16 bits per heavy atom. The van der Waals surface area contributed by atoms with Gasteiger partial charge in [0.25, 0.3) is 5.56 Å². The van der Waals surface area contributed by atoms with Crippen LogP contribution in [0.2, 0.25) is 0 Å². The normalized spacial score (nSPS) is 11.4. The van der Waals surface area contributed by atoms with Gasteiger partial charge in [-0.3, -0.25) is 10.2 Å². The van der Waals surface area contributed by atoms with Gasteiger partial charge in [0.05, 0.1) is 5.84 Å². The van der Waals surface area contributed by atoms with E-state index >= 15 is 0 Å². The van der Waals surface area contributed by atoms with E-state index in [4.69, 9.17) is 11.1 Å². The predicted molar refractivity (Wildman–Crippen MR) is 77.9 cm³/mol. The number of anilines is 1. The largest absolute Gasteiger partial charge is 0.388 e. The van der Waals surface area contributed by atoms with Gasteiger partial charge in [-0.25, -0.2) is 4.98 Å². The van der Waals surface area contributed by atoms with E-state index in [0.29, 0.717) is 25.3 Å². The molecule has 19 heavy (non-hydrogen) atoms. The van der Waals surface area contributed by atoms with Crippen molar-refractivity contribution in [2.24, 2.45) is 5.73 Å². The Balaban J connectivity index is 3.12. The molecule has 0 aromatic carbocycles. The van der Waals surface area contributed by atoms with Gasteiger partial charge >= 0.3 is 0 Å². The first-order valence-corrected chi connectivity index (χ1v) is 6.43. The van der Waals surface area contributed by atoms with E-state index < -0.39 is 0 Å². The Kier molecular flexibility index (Phi) is 4.69. The zero-order chi connectivity index (χ0) is 14.6. The van der Waals surface area contributed by atoms with Crippen LogP contribution >= 0.6 is 0 Å². The molecular formula is C13H23N5O. The van der Waals surface area contributed by atoms with Gasteiger partial charge in [-0.15, -0.1) is 0 Å². The topological polar surface area (TPSA) is 88.0 Å². The molecule has 6 nitrogen and oxygen atoms in total. The molecule has 1 aromatic rings. The standard InChI is InChI=1S/C13H23N5O/c1-5-17(8-6-10(14)15)11-12(19)18(9-7-16-11)13(2,3)4/h7,9H,5-6,8H2,1-4H3,(H3,14,15). The summed E-state index contributed by atoms with van der Waals surface area (Å²) < 4.78 is 1.67. The van der Waals surface area contributed by atoms with Crippen molar-refractivity contribution in [2.75, 3.05) is 18.0 Å². The third kappa shape index (κ3) is 3.81. The summed E-state index contributed by atoms with van der Waals surface area (Å²) in [6.07, 6.45) is 3.77. The molecular weight excluding hydrogens is 242 g/mol. The number of hydrogen-bond acceptors (Lipinski definition) is 4. The van der Waals surface area contributed by atoms with Crippen molar-refractivity contribution in [1.29, 1.82) is 5.41 Å². The molecule has 0 radical (unpaired) electrons. The highest BCUT2D eigenvalue weighted by Gasteiger charge is 2.19. The fraction of sp³-hybridized carbons (Fsp3) is 0.615.